The van der Waals surface area contributed by atoms with Gasteiger partial charge in [-0.05, 0) is 38.5 Å². The molecule has 1 rings (SSSR count). The van der Waals surface area contributed by atoms with E-state index in [1.54, 1.807) is 14.2 Å². The number of nitrogens with one attached hydrogen (secondary N) is 3. The van der Waals surface area contributed by atoms with Gasteiger partial charge in [-0.1, -0.05) is 6.42 Å². The summed E-state index contributed by atoms with van der Waals surface area (Å²) in [6.07, 6.45) is 5.33. The molecule has 1 saturated carbocycles. The van der Waals surface area contributed by atoms with Crippen LogP contribution < -0.4 is 16.0 Å². The number of amides is 1. The van der Waals surface area contributed by atoms with Crippen molar-refractivity contribution in [3.05, 3.63) is 0 Å². The van der Waals surface area contributed by atoms with Crippen LogP contribution in [0.15, 0.2) is 4.99 Å². The molecule has 136 valence electrons. The molecule has 7 heteroatoms. The number of guanidine groups is 1. The first-order valence-corrected chi connectivity index (χ1v) is 8.24. The number of ether oxygens (including phenoxy) is 1. The smallest absolute Gasteiger partial charge is 0.221 e. The average molecular weight is 440 g/mol. The summed E-state index contributed by atoms with van der Waals surface area (Å²) in [4.78, 5) is 15.8. The van der Waals surface area contributed by atoms with Gasteiger partial charge in [-0.2, -0.15) is 0 Å². The van der Waals surface area contributed by atoms with Crippen molar-refractivity contribution >= 4 is 35.8 Å². The van der Waals surface area contributed by atoms with Crippen molar-refractivity contribution in [2.75, 3.05) is 33.9 Å². The third-order valence-electron chi connectivity index (χ3n) is 4.20. The van der Waals surface area contributed by atoms with Gasteiger partial charge in [-0.25, -0.2) is 0 Å². The predicted molar refractivity (Wildman–Crippen MR) is 105 cm³/mol. The largest absolute Gasteiger partial charge is 0.385 e. The minimum absolute atomic E-state index is 0. The zero-order valence-electron chi connectivity index (χ0n) is 14.9. The molecule has 0 atom stereocenters. The second-order valence-electron chi connectivity index (χ2n) is 6.42. The average Bonchev–Trinajstić information content (AvgIpc) is 2.42. The third kappa shape index (κ3) is 8.74. The molecule has 0 aromatic carbocycles. The SMILES string of the molecule is CN=C(NCCC(=O)NC(C)C)NCC1(CCOC)CCC1.I. The Hall–Kier alpha value is -0.570. The molecule has 0 radical (unpaired) electrons. The lowest BCUT2D eigenvalue weighted by Crippen LogP contribution is -2.47. The summed E-state index contributed by atoms with van der Waals surface area (Å²) in [6, 6.07) is 0.184. The molecule has 6 nitrogen and oxygen atoms in total. The van der Waals surface area contributed by atoms with Crippen LogP contribution in [0.25, 0.3) is 0 Å². The van der Waals surface area contributed by atoms with Crippen molar-refractivity contribution in [2.24, 2.45) is 10.4 Å². The van der Waals surface area contributed by atoms with Crippen molar-refractivity contribution in [2.45, 2.75) is 52.0 Å². The molecular weight excluding hydrogens is 407 g/mol. The van der Waals surface area contributed by atoms with Gasteiger partial charge in [0.2, 0.25) is 5.91 Å². The number of halogens is 1. The Balaban J connectivity index is 0.00000484. The fourth-order valence-corrected chi connectivity index (χ4v) is 2.69. The van der Waals surface area contributed by atoms with Gasteiger partial charge in [0.15, 0.2) is 5.96 Å². The molecular formula is C16H33IN4O2. The molecule has 0 heterocycles. The maximum absolute atomic E-state index is 11.6. The Kier molecular flexibility index (Phi) is 11.6. The van der Waals surface area contributed by atoms with Crippen LogP contribution in [0, 0.1) is 5.41 Å². The lowest BCUT2D eigenvalue weighted by atomic mass is 9.67. The number of hydrogen-bond acceptors (Lipinski definition) is 3. The number of nitrogens with zero attached hydrogens (tertiary/aromatic N) is 1. The number of carbonyl (C=O) groups is 1. The summed E-state index contributed by atoms with van der Waals surface area (Å²) >= 11 is 0. The summed E-state index contributed by atoms with van der Waals surface area (Å²) in [5, 5.41) is 9.46. The maximum atomic E-state index is 11.6. The molecule has 0 bridgehead atoms. The second-order valence-corrected chi connectivity index (χ2v) is 6.42. The Morgan fingerprint density at radius 3 is 2.48 bits per heavy atom. The summed E-state index contributed by atoms with van der Waals surface area (Å²) in [6.45, 7) is 6.23. The molecule has 0 aromatic rings. The topological polar surface area (TPSA) is 74.8 Å². The fraction of sp³-hybridized carbons (Fsp3) is 0.875. The second kappa shape index (κ2) is 11.9. The monoisotopic (exact) mass is 440 g/mol. The summed E-state index contributed by atoms with van der Waals surface area (Å²) in [5.74, 6) is 0.828. The third-order valence-corrected chi connectivity index (χ3v) is 4.20. The van der Waals surface area contributed by atoms with E-state index in [0.29, 0.717) is 18.4 Å². The molecule has 0 aromatic heterocycles. The zero-order chi connectivity index (χ0) is 16.4. The van der Waals surface area contributed by atoms with E-state index in [0.717, 1.165) is 25.5 Å². The highest BCUT2D eigenvalue weighted by molar-refractivity contribution is 14.0. The predicted octanol–water partition coefficient (Wildman–Crippen LogP) is 1.89. The van der Waals surface area contributed by atoms with Gasteiger partial charge in [0.05, 0.1) is 0 Å². The van der Waals surface area contributed by atoms with Crippen molar-refractivity contribution in [3.8, 4) is 0 Å². The maximum Gasteiger partial charge on any atom is 0.221 e. The van der Waals surface area contributed by atoms with Crippen LogP contribution in [0.1, 0.15) is 46.0 Å². The Morgan fingerprint density at radius 2 is 2.00 bits per heavy atom. The minimum atomic E-state index is 0. The summed E-state index contributed by atoms with van der Waals surface area (Å²) in [5.41, 5.74) is 0.350. The number of hydrogen-bond donors (Lipinski definition) is 3. The number of carbonyl (C=O) groups excluding carboxylic acids is 1. The minimum Gasteiger partial charge on any atom is -0.385 e. The molecule has 1 amide bonds. The van der Waals surface area contributed by atoms with Gasteiger partial charge in [0.1, 0.15) is 0 Å². The lowest BCUT2D eigenvalue weighted by Gasteiger charge is -2.42. The van der Waals surface area contributed by atoms with Crippen LogP contribution in [0.2, 0.25) is 0 Å². The van der Waals surface area contributed by atoms with Crippen LogP contribution in [0.5, 0.6) is 0 Å². The Morgan fingerprint density at radius 1 is 1.30 bits per heavy atom. The van der Waals surface area contributed by atoms with Crippen LogP contribution in [-0.2, 0) is 9.53 Å². The van der Waals surface area contributed by atoms with Crippen molar-refractivity contribution in [1.29, 1.82) is 0 Å². The van der Waals surface area contributed by atoms with Crippen molar-refractivity contribution in [3.63, 3.8) is 0 Å². The van der Waals surface area contributed by atoms with E-state index in [9.17, 15) is 4.79 Å². The molecule has 3 N–H and O–H groups in total. The first-order chi connectivity index (χ1) is 10.5. The molecule has 0 unspecified atom stereocenters. The molecule has 0 spiro atoms. The quantitative estimate of drug-likeness (QED) is 0.291. The van der Waals surface area contributed by atoms with E-state index in [2.05, 4.69) is 20.9 Å². The van der Waals surface area contributed by atoms with Crippen LogP contribution >= 0.6 is 24.0 Å². The summed E-state index contributed by atoms with van der Waals surface area (Å²) < 4.78 is 5.21. The van der Waals surface area contributed by atoms with E-state index < -0.39 is 0 Å². The van der Waals surface area contributed by atoms with Crippen molar-refractivity contribution in [1.82, 2.24) is 16.0 Å². The van der Waals surface area contributed by atoms with E-state index in [4.69, 9.17) is 4.74 Å². The summed E-state index contributed by atoms with van der Waals surface area (Å²) in [7, 11) is 3.51. The van der Waals surface area contributed by atoms with Crippen LogP contribution in [-0.4, -0.2) is 51.8 Å². The van der Waals surface area contributed by atoms with Gasteiger partial charge in [0, 0.05) is 46.3 Å². The van der Waals surface area contributed by atoms with E-state index in [1.807, 2.05) is 13.8 Å². The van der Waals surface area contributed by atoms with E-state index >= 15 is 0 Å². The number of methoxy groups -OCH3 is 1. The van der Waals surface area contributed by atoms with Gasteiger partial charge in [0.25, 0.3) is 0 Å². The highest BCUT2D eigenvalue weighted by Crippen LogP contribution is 2.43. The first kappa shape index (κ1) is 22.4. The zero-order valence-corrected chi connectivity index (χ0v) is 17.2. The molecule has 1 aliphatic rings. The van der Waals surface area contributed by atoms with Crippen LogP contribution in [0.4, 0.5) is 0 Å². The number of rotatable bonds is 9. The van der Waals surface area contributed by atoms with E-state index in [1.165, 1.54) is 19.3 Å². The van der Waals surface area contributed by atoms with E-state index in [-0.39, 0.29) is 35.9 Å². The highest BCUT2D eigenvalue weighted by atomic mass is 127. The normalized spacial score (nSPS) is 16.3. The standard InChI is InChI=1S/C16H32N4O2.HI/c1-13(2)20-14(21)6-10-18-15(17-3)19-12-16(7-5-8-16)9-11-22-4;/h13H,5-12H2,1-4H3,(H,20,21)(H2,17,18,19);1H. The van der Waals surface area contributed by atoms with Gasteiger partial charge in [-0.15, -0.1) is 24.0 Å². The molecule has 0 aliphatic heterocycles. The molecule has 1 fully saturated rings. The molecule has 23 heavy (non-hydrogen) atoms. The highest BCUT2D eigenvalue weighted by Gasteiger charge is 2.36. The van der Waals surface area contributed by atoms with Crippen molar-refractivity contribution < 1.29 is 9.53 Å². The van der Waals surface area contributed by atoms with Crippen LogP contribution in [0.3, 0.4) is 0 Å². The molecule has 0 saturated heterocycles. The number of aliphatic imine (C=N–C) groups is 1. The molecule has 1 aliphatic carbocycles. The lowest BCUT2D eigenvalue weighted by molar-refractivity contribution is -0.121. The van der Waals surface area contributed by atoms with Gasteiger partial charge >= 0.3 is 0 Å². The Bertz CT molecular complexity index is 371. The first-order valence-electron chi connectivity index (χ1n) is 8.24. The fourth-order valence-electron chi connectivity index (χ4n) is 2.69. The van der Waals surface area contributed by atoms with Gasteiger partial charge < -0.3 is 20.7 Å². The Labute approximate surface area is 157 Å². The van der Waals surface area contributed by atoms with Gasteiger partial charge in [-0.3, -0.25) is 9.79 Å².